The Morgan fingerprint density at radius 2 is 0.289 bits per heavy atom. The van der Waals surface area contributed by atoms with E-state index < -0.39 is 0 Å². The second kappa shape index (κ2) is 27.9. The lowest BCUT2D eigenvalue weighted by Gasteiger charge is -2.20. The Labute approximate surface area is 526 Å². The van der Waals surface area contributed by atoms with Crippen molar-refractivity contribution < 1.29 is 0 Å². The van der Waals surface area contributed by atoms with Crippen molar-refractivity contribution in [1.29, 1.82) is 0 Å². The van der Waals surface area contributed by atoms with Gasteiger partial charge in [0.05, 0.1) is 34.2 Å². The van der Waals surface area contributed by atoms with E-state index >= 15 is 0 Å². The molecule has 0 aliphatic rings. The minimum Gasteiger partial charge on any atom is -0.256 e. The summed E-state index contributed by atoms with van der Waals surface area (Å²) < 4.78 is 0. The molecule has 0 unspecified atom stereocenters. The van der Waals surface area contributed by atoms with Gasteiger partial charge in [0.25, 0.3) is 0 Å². The number of pyridine rings is 6. The van der Waals surface area contributed by atoms with Gasteiger partial charge in [-0.05, 0) is 140 Å². The van der Waals surface area contributed by atoms with Gasteiger partial charge in [0, 0.05) is 70.6 Å². The van der Waals surface area contributed by atoms with Crippen molar-refractivity contribution in [2.75, 3.05) is 0 Å². The fraction of sp³-hybridized carbons (Fsp3) is 0. The molecule has 6 aromatic heterocycles. The lowest BCUT2D eigenvalue weighted by Crippen LogP contribution is -2.01. The van der Waals surface area contributed by atoms with Crippen LogP contribution in [0.5, 0.6) is 0 Å². The average molecular weight is 1150 g/mol. The standard InChI is InChI=1S/C84H60N6/c1-7-55-85-79(13-1)67-37-19-61(20-38-67)31-49-73-74(50-32-62-21-39-68(40-22-62)80-14-2-8-56-86-80)76(52-34-64-25-43-70(44-26-64)82-16-4-10-58-88-82)78(54-36-66-29-47-72(48-30-66)84-18-6-12-60-90-84)77(53-35-65-27-45-71(46-28-65)83-17-5-11-59-89-83)75(73)51-33-63-23-41-69(42-24-63)81-15-3-9-57-87-81/h1-60H/b49-31-,50-32-,51-33-,52-34-,53-35?,54-36?. The van der Waals surface area contributed by atoms with Crippen molar-refractivity contribution in [3.63, 3.8) is 0 Å². The first-order valence-corrected chi connectivity index (χ1v) is 30.0. The van der Waals surface area contributed by atoms with Crippen LogP contribution in [0.2, 0.25) is 0 Å². The van der Waals surface area contributed by atoms with Crippen LogP contribution in [0.1, 0.15) is 66.8 Å². The normalized spacial score (nSPS) is 11.7. The first kappa shape index (κ1) is 57.0. The molecular formula is C84H60N6. The van der Waals surface area contributed by atoms with Crippen molar-refractivity contribution in [1.82, 2.24) is 29.9 Å². The Kier molecular flexibility index (Phi) is 17.7. The lowest BCUT2D eigenvalue weighted by molar-refractivity contribution is 1.33. The molecule has 0 bridgehead atoms. The first-order valence-electron chi connectivity index (χ1n) is 30.0. The molecule has 0 radical (unpaired) electrons. The van der Waals surface area contributed by atoms with Crippen molar-refractivity contribution in [3.05, 3.63) is 359 Å². The van der Waals surface area contributed by atoms with Crippen LogP contribution in [0.25, 0.3) is 140 Å². The summed E-state index contributed by atoms with van der Waals surface area (Å²) in [6.07, 6.45) is 38.1. The predicted molar refractivity (Wildman–Crippen MR) is 378 cm³/mol. The van der Waals surface area contributed by atoms with Gasteiger partial charge in [-0.1, -0.05) is 255 Å². The summed E-state index contributed by atoms with van der Waals surface area (Å²) in [5.41, 5.74) is 24.3. The fourth-order valence-electron chi connectivity index (χ4n) is 10.8. The Balaban J connectivity index is 1.05. The molecule has 0 atom stereocenters. The maximum atomic E-state index is 4.65. The summed E-state index contributed by atoms with van der Waals surface area (Å²) in [6.45, 7) is 0. The molecule has 0 aliphatic carbocycles. The zero-order valence-electron chi connectivity index (χ0n) is 49.3. The van der Waals surface area contributed by atoms with E-state index in [0.717, 1.165) is 134 Å². The van der Waals surface area contributed by atoms with Gasteiger partial charge in [-0.15, -0.1) is 0 Å². The van der Waals surface area contributed by atoms with Crippen LogP contribution in [0, 0.1) is 0 Å². The molecule has 0 saturated carbocycles. The van der Waals surface area contributed by atoms with Crippen molar-refractivity contribution in [2.45, 2.75) is 0 Å². The summed E-state index contributed by atoms with van der Waals surface area (Å²) in [5.74, 6) is 0. The topological polar surface area (TPSA) is 77.3 Å². The van der Waals surface area contributed by atoms with Crippen LogP contribution in [0.15, 0.2) is 292 Å². The zero-order chi connectivity index (χ0) is 60.5. The maximum Gasteiger partial charge on any atom is 0.0701 e. The van der Waals surface area contributed by atoms with Crippen LogP contribution < -0.4 is 0 Å². The van der Waals surface area contributed by atoms with Crippen LogP contribution in [0.4, 0.5) is 0 Å². The molecule has 0 fully saturated rings. The quantitative estimate of drug-likeness (QED) is 0.0797. The van der Waals surface area contributed by atoms with Crippen LogP contribution in [-0.2, 0) is 0 Å². The molecule has 6 heterocycles. The third-order valence-corrected chi connectivity index (χ3v) is 15.6. The van der Waals surface area contributed by atoms with Crippen LogP contribution in [0.3, 0.4) is 0 Å². The molecule has 6 nitrogen and oxygen atoms in total. The number of benzene rings is 7. The van der Waals surface area contributed by atoms with E-state index in [4.69, 9.17) is 0 Å². The molecule has 0 amide bonds. The van der Waals surface area contributed by atoms with E-state index in [2.05, 4.69) is 248 Å². The van der Waals surface area contributed by atoms with Crippen molar-refractivity contribution >= 4 is 72.9 Å². The highest BCUT2D eigenvalue weighted by Crippen LogP contribution is 2.38. The SMILES string of the molecule is C(=Cc1c(C=Cc2ccc(-c3ccccn3)cc2)c(/C=C\c2ccc(-c3ccccn3)cc2)c(/C=C\c2ccc(-c3ccccn3)cc2)c(/C=C\c2ccc(-c3ccccn3)cc2)c1/C=C\c1ccc(-c2ccccn2)cc1)c1ccc(-c2ccccn2)cc1. The average Bonchev–Trinajstić information content (AvgIpc) is 0.973. The Hall–Kier alpha value is -12.1. The molecule has 426 valence electrons. The third-order valence-electron chi connectivity index (χ3n) is 15.6. The van der Waals surface area contributed by atoms with Gasteiger partial charge in [0.1, 0.15) is 0 Å². The molecule has 6 heteroatoms. The highest BCUT2D eigenvalue weighted by molar-refractivity contribution is 5.99. The largest absolute Gasteiger partial charge is 0.256 e. The molecule has 0 saturated heterocycles. The van der Waals surface area contributed by atoms with Gasteiger partial charge in [-0.3, -0.25) is 29.9 Å². The fourth-order valence-corrected chi connectivity index (χ4v) is 10.8. The van der Waals surface area contributed by atoms with Crippen LogP contribution >= 0.6 is 0 Å². The third kappa shape index (κ3) is 14.1. The Morgan fingerprint density at radius 3 is 0.411 bits per heavy atom. The van der Waals surface area contributed by atoms with Gasteiger partial charge in [0.2, 0.25) is 0 Å². The predicted octanol–water partition coefficient (Wildman–Crippen LogP) is 21.1. The van der Waals surface area contributed by atoms with Crippen molar-refractivity contribution in [2.24, 2.45) is 0 Å². The second-order valence-corrected chi connectivity index (χ2v) is 21.5. The minimum atomic E-state index is 0.924. The molecule has 90 heavy (non-hydrogen) atoms. The summed E-state index contributed by atoms with van der Waals surface area (Å²) in [4.78, 5) is 27.9. The van der Waals surface area contributed by atoms with Gasteiger partial charge < -0.3 is 0 Å². The summed E-state index contributed by atoms with van der Waals surface area (Å²) in [6, 6.07) is 87.8. The number of nitrogens with zero attached hydrogens (tertiary/aromatic N) is 6. The highest BCUT2D eigenvalue weighted by atomic mass is 14.7. The molecular weight excluding hydrogens is 1090 g/mol. The number of hydrogen-bond acceptors (Lipinski definition) is 6. The number of aromatic nitrogens is 6. The van der Waals surface area contributed by atoms with Gasteiger partial charge >= 0.3 is 0 Å². The minimum absolute atomic E-state index is 0.924. The molecule has 13 rings (SSSR count). The first-order chi connectivity index (χ1) is 44.6. The summed E-state index contributed by atoms with van der Waals surface area (Å²) >= 11 is 0. The second-order valence-electron chi connectivity index (χ2n) is 21.5. The molecule has 0 spiro atoms. The van der Waals surface area contributed by atoms with E-state index in [1.807, 2.05) is 146 Å². The van der Waals surface area contributed by atoms with E-state index in [0.29, 0.717) is 0 Å². The molecule has 13 aromatic rings. The number of hydrogen-bond donors (Lipinski definition) is 0. The molecule has 7 aromatic carbocycles. The van der Waals surface area contributed by atoms with Crippen LogP contribution in [-0.4, -0.2) is 29.9 Å². The van der Waals surface area contributed by atoms with Gasteiger partial charge in [-0.2, -0.15) is 0 Å². The van der Waals surface area contributed by atoms with E-state index in [1.54, 1.807) is 0 Å². The smallest absolute Gasteiger partial charge is 0.0701 e. The van der Waals surface area contributed by atoms with Gasteiger partial charge in [0.15, 0.2) is 0 Å². The molecule has 0 N–H and O–H groups in total. The lowest BCUT2D eigenvalue weighted by atomic mass is 9.83. The highest BCUT2D eigenvalue weighted by Gasteiger charge is 2.19. The summed E-state index contributed by atoms with van der Waals surface area (Å²) in [5, 5.41) is 0. The molecule has 0 aliphatic heterocycles. The maximum absolute atomic E-state index is 4.65. The Bertz CT molecular complexity index is 3870. The van der Waals surface area contributed by atoms with E-state index in [1.165, 1.54) is 0 Å². The van der Waals surface area contributed by atoms with E-state index in [9.17, 15) is 0 Å². The summed E-state index contributed by atoms with van der Waals surface area (Å²) in [7, 11) is 0. The Morgan fingerprint density at radius 1 is 0.144 bits per heavy atom. The monoisotopic (exact) mass is 1150 g/mol. The van der Waals surface area contributed by atoms with Crippen molar-refractivity contribution in [3.8, 4) is 67.5 Å². The van der Waals surface area contributed by atoms with E-state index in [-0.39, 0.29) is 0 Å². The zero-order valence-corrected chi connectivity index (χ0v) is 49.3. The van der Waals surface area contributed by atoms with Gasteiger partial charge in [-0.25, -0.2) is 0 Å². The number of rotatable bonds is 18.